The summed E-state index contributed by atoms with van der Waals surface area (Å²) in [7, 11) is 0. The van der Waals surface area contributed by atoms with Crippen molar-refractivity contribution >= 4 is 12.0 Å². The second-order valence-corrected chi connectivity index (χ2v) is 15.3. The van der Waals surface area contributed by atoms with Gasteiger partial charge in [0.2, 0.25) is 5.91 Å². The number of aromatic nitrogens is 1. The van der Waals surface area contributed by atoms with E-state index in [9.17, 15) is 24.9 Å². The van der Waals surface area contributed by atoms with Crippen LogP contribution < -0.4 is 16.5 Å². The number of aliphatic hydroxyl groups is 3. The lowest BCUT2D eigenvalue weighted by molar-refractivity contribution is -0.282. The maximum Gasteiger partial charge on any atom is 0.408 e. The minimum absolute atomic E-state index is 0.0708. The Hall–Kier alpha value is -3.91. The van der Waals surface area contributed by atoms with Gasteiger partial charge < -0.3 is 35.4 Å². The number of carbonyl (C=O) groups excluding carboxylic acids is 2. The van der Waals surface area contributed by atoms with E-state index in [1.807, 2.05) is 77.1 Å². The Bertz CT molecular complexity index is 1560. The number of amides is 2. The monoisotopic (exact) mass is 735 g/mol. The second-order valence-electron chi connectivity index (χ2n) is 15.3. The molecule has 4 unspecified atom stereocenters. The normalized spacial score (nSPS) is 15.3. The van der Waals surface area contributed by atoms with Gasteiger partial charge in [0, 0.05) is 30.3 Å². The van der Waals surface area contributed by atoms with Crippen molar-refractivity contribution in [2.24, 2.45) is 11.3 Å². The van der Waals surface area contributed by atoms with E-state index in [4.69, 9.17) is 15.3 Å². The average molecular weight is 736 g/mol. The summed E-state index contributed by atoms with van der Waals surface area (Å²) in [5, 5.41) is 40.2. The number of nitrogens with zero attached hydrogens (tertiary/aromatic N) is 2. The fraction of sp³-hybridized carbons (Fsp3) is 0.537. The van der Waals surface area contributed by atoms with Gasteiger partial charge in [0.15, 0.2) is 0 Å². The first kappa shape index (κ1) is 43.5. The molecule has 0 spiro atoms. The molecule has 0 saturated carbocycles. The van der Waals surface area contributed by atoms with Crippen LogP contribution in [0.5, 0.6) is 0 Å². The van der Waals surface area contributed by atoms with Gasteiger partial charge in [-0.1, -0.05) is 102 Å². The second kappa shape index (κ2) is 18.9. The number of carbonyl (C=O) groups is 2. The highest BCUT2D eigenvalue weighted by Gasteiger charge is 2.39. The van der Waals surface area contributed by atoms with Gasteiger partial charge in [0.05, 0.1) is 30.0 Å². The van der Waals surface area contributed by atoms with Crippen molar-refractivity contribution in [1.29, 1.82) is 0 Å². The number of nitrogens with two attached hydrogens (primary N) is 1. The summed E-state index contributed by atoms with van der Waals surface area (Å²) in [6.07, 6.45) is 2.48. The van der Waals surface area contributed by atoms with Gasteiger partial charge in [0.1, 0.15) is 11.6 Å². The predicted octanol–water partition coefficient (Wildman–Crippen LogP) is 5.40. The number of hydrazine groups is 1. The number of hydrogen-bond donors (Lipinski definition) is 6. The van der Waals surface area contributed by atoms with E-state index in [0.717, 1.165) is 24.0 Å². The van der Waals surface area contributed by atoms with Crippen molar-refractivity contribution in [3.05, 3.63) is 90.1 Å². The minimum atomic E-state index is -2.66. The Morgan fingerprint density at radius 1 is 0.849 bits per heavy atom. The molecule has 4 atom stereocenters. The minimum Gasteiger partial charge on any atom is -0.443 e. The molecule has 0 fully saturated rings. The Kier molecular flexibility index (Phi) is 15.5. The van der Waals surface area contributed by atoms with E-state index in [2.05, 4.69) is 36.4 Å². The summed E-state index contributed by atoms with van der Waals surface area (Å²) < 4.78 is 12.1. The molecule has 0 aliphatic rings. The molecule has 12 nitrogen and oxygen atoms in total. The summed E-state index contributed by atoms with van der Waals surface area (Å²) >= 11 is 0. The third-order valence-corrected chi connectivity index (χ3v) is 10.2. The van der Waals surface area contributed by atoms with Crippen molar-refractivity contribution in [2.75, 3.05) is 13.2 Å². The zero-order chi connectivity index (χ0) is 39.5. The van der Waals surface area contributed by atoms with Crippen molar-refractivity contribution in [2.45, 2.75) is 123 Å². The Balaban J connectivity index is 1.76. The molecule has 3 rings (SSSR count). The molecular weight excluding hydrogens is 674 g/mol. The van der Waals surface area contributed by atoms with E-state index in [1.165, 1.54) is 12.1 Å². The SMILES string of the molecule is CCC(C)(CC)OCCC(C)(CC)OC(=O)NC(C(=O)NC(Cc1ccccc1)C(O)CN(N)C(O)(O)c1ccc(-c2ccccn2)cc1)C(C)(C)C. The molecule has 0 aliphatic heterocycles. The molecule has 7 N–H and O–H groups in total. The molecule has 3 aromatic rings. The van der Waals surface area contributed by atoms with Crippen LogP contribution in [0.25, 0.3) is 11.3 Å². The molecule has 0 aliphatic carbocycles. The van der Waals surface area contributed by atoms with Crippen LogP contribution in [0, 0.1) is 5.41 Å². The first-order chi connectivity index (χ1) is 24.9. The first-order valence-corrected chi connectivity index (χ1v) is 18.5. The maximum absolute atomic E-state index is 14.0. The van der Waals surface area contributed by atoms with Gasteiger partial charge in [-0.3, -0.25) is 15.6 Å². The predicted molar refractivity (Wildman–Crippen MR) is 206 cm³/mol. The molecule has 53 heavy (non-hydrogen) atoms. The van der Waals surface area contributed by atoms with Gasteiger partial charge in [-0.05, 0) is 62.6 Å². The smallest absolute Gasteiger partial charge is 0.408 e. The summed E-state index contributed by atoms with van der Waals surface area (Å²) in [4.78, 5) is 31.7. The van der Waals surface area contributed by atoms with Crippen molar-refractivity contribution in [3.63, 3.8) is 0 Å². The lowest BCUT2D eigenvalue weighted by Gasteiger charge is -2.37. The summed E-state index contributed by atoms with van der Waals surface area (Å²) in [5.41, 5.74) is 0.526. The molecular formula is C41H61N5O7. The van der Waals surface area contributed by atoms with Crippen molar-refractivity contribution in [1.82, 2.24) is 20.6 Å². The molecule has 0 radical (unpaired) electrons. The molecule has 2 amide bonds. The third kappa shape index (κ3) is 12.6. The van der Waals surface area contributed by atoms with Gasteiger partial charge >= 0.3 is 6.09 Å². The molecule has 0 saturated heterocycles. The lowest BCUT2D eigenvalue weighted by atomic mass is 9.85. The number of hydrogen-bond acceptors (Lipinski definition) is 10. The van der Waals surface area contributed by atoms with Crippen LogP contribution in [0.2, 0.25) is 0 Å². The van der Waals surface area contributed by atoms with Crippen LogP contribution in [0.4, 0.5) is 4.79 Å². The first-order valence-electron chi connectivity index (χ1n) is 18.5. The van der Waals surface area contributed by atoms with E-state index >= 15 is 0 Å². The topological polar surface area (TPSA) is 180 Å². The number of nitrogens with one attached hydrogen (secondary N) is 2. The number of ether oxygens (including phenoxy) is 2. The number of pyridine rings is 1. The highest BCUT2D eigenvalue weighted by atomic mass is 16.6. The van der Waals surface area contributed by atoms with Gasteiger partial charge in [-0.2, -0.15) is 5.01 Å². The van der Waals surface area contributed by atoms with Crippen LogP contribution in [0.1, 0.15) is 92.2 Å². The van der Waals surface area contributed by atoms with Crippen LogP contribution in [0.15, 0.2) is 79.0 Å². The number of benzene rings is 2. The third-order valence-electron chi connectivity index (χ3n) is 10.2. The Morgan fingerprint density at radius 2 is 1.45 bits per heavy atom. The fourth-order valence-corrected chi connectivity index (χ4v) is 5.75. The number of aliphatic hydroxyl groups excluding tert-OH is 1. The molecule has 1 aromatic heterocycles. The molecule has 12 heteroatoms. The van der Waals surface area contributed by atoms with Gasteiger partial charge in [-0.15, -0.1) is 0 Å². The van der Waals surface area contributed by atoms with Gasteiger partial charge in [0.25, 0.3) is 5.91 Å². The zero-order valence-electron chi connectivity index (χ0n) is 32.6. The average Bonchev–Trinajstić information content (AvgIpc) is 3.13. The highest BCUT2D eigenvalue weighted by molar-refractivity contribution is 5.86. The highest BCUT2D eigenvalue weighted by Crippen LogP contribution is 2.27. The summed E-state index contributed by atoms with van der Waals surface area (Å²) in [5.74, 6) is 2.99. The van der Waals surface area contributed by atoms with Crippen molar-refractivity contribution < 1.29 is 34.4 Å². The summed E-state index contributed by atoms with van der Waals surface area (Å²) in [6, 6.07) is 19.2. The van der Waals surface area contributed by atoms with E-state index < -0.39 is 53.7 Å². The van der Waals surface area contributed by atoms with Crippen LogP contribution in [-0.2, 0) is 26.6 Å². The van der Waals surface area contributed by atoms with E-state index in [1.54, 1.807) is 24.4 Å². The lowest BCUT2D eigenvalue weighted by Crippen LogP contribution is -2.61. The van der Waals surface area contributed by atoms with Gasteiger partial charge in [-0.25, -0.2) is 4.79 Å². The Morgan fingerprint density at radius 3 is 2.00 bits per heavy atom. The van der Waals surface area contributed by atoms with E-state index in [-0.39, 0.29) is 17.6 Å². The molecule has 2 aromatic carbocycles. The maximum atomic E-state index is 14.0. The van der Waals surface area contributed by atoms with Crippen LogP contribution >= 0.6 is 0 Å². The van der Waals surface area contributed by atoms with Crippen molar-refractivity contribution in [3.8, 4) is 11.3 Å². The molecule has 1 heterocycles. The largest absolute Gasteiger partial charge is 0.443 e. The van der Waals surface area contributed by atoms with Crippen LogP contribution in [0.3, 0.4) is 0 Å². The van der Waals surface area contributed by atoms with E-state index in [0.29, 0.717) is 30.2 Å². The quantitative estimate of drug-likeness (QED) is 0.0530. The Labute approximate surface area is 315 Å². The number of alkyl carbamates (subject to hydrolysis) is 1. The van der Waals surface area contributed by atoms with Crippen LogP contribution in [-0.4, -0.2) is 79.9 Å². The fourth-order valence-electron chi connectivity index (χ4n) is 5.75. The standard InChI is InChI=1S/C41H61N5O7/c1-9-39(7,10-2)52-26-24-40(8,11-3)53-37(49)45-35(38(4,5)6)36(48)44-33(27-29-17-13-12-14-18-29)34(47)28-46(42)41(50,51)31-22-20-30(21-23-31)32-19-15-16-25-43-32/h12-23,25,33-35,47,50-51H,9-11,24,26-28,42H2,1-8H3,(H,44,48)(H,45,49). The molecule has 0 bridgehead atoms. The molecule has 292 valence electrons. The number of rotatable bonds is 19. The zero-order valence-corrected chi connectivity index (χ0v) is 32.6. The summed E-state index contributed by atoms with van der Waals surface area (Å²) in [6.45, 7) is 15.4.